The van der Waals surface area contributed by atoms with E-state index < -0.39 is 0 Å². The van der Waals surface area contributed by atoms with E-state index in [9.17, 15) is 0 Å². The summed E-state index contributed by atoms with van der Waals surface area (Å²) < 4.78 is 11.3. The minimum Gasteiger partial charge on any atom is -0.490 e. The lowest BCUT2D eigenvalue weighted by Crippen LogP contribution is -2.26. The Kier molecular flexibility index (Phi) is 7.63. The van der Waals surface area contributed by atoms with Crippen molar-refractivity contribution in [2.45, 2.75) is 46.2 Å². The van der Waals surface area contributed by atoms with E-state index in [4.69, 9.17) is 9.47 Å². The molecule has 0 aliphatic rings. The molecule has 2 aromatic carbocycles. The second-order valence-corrected chi connectivity index (χ2v) is 5.95. The maximum absolute atomic E-state index is 5.69. The molecule has 0 amide bonds. The standard InChI is InChI=1S/C21H29NO2/c1-4-23-20-14-13-19(15-21(20)24-5-2)16-22-17(3)11-12-18-9-7-6-8-10-18/h6-10,13-15,17,22H,4-5,11-12,16H2,1-3H3. The Balaban J connectivity index is 1.85. The lowest BCUT2D eigenvalue weighted by atomic mass is 10.1. The van der Waals surface area contributed by atoms with Gasteiger partial charge in [0.25, 0.3) is 0 Å². The van der Waals surface area contributed by atoms with E-state index in [1.54, 1.807) is 0 Å². The minimum atomic E-state index is 0.465. The summed E-state index contributed by atoms with van der Waals surface area (Å²) >= 11 is 0. The Morgan fingerprint density at radius 3 is 2.29 bits per heavy atom. The summed E-state index contributed by atoms with van der Waals surface area (Å²) in [5.74, 6) is 1.65. The average molecular weight is 327 g/mol. The molecule has 2 rings (SSSR count). The monoisotopic (exact) mass is 327 g/mol. The molecule has 0 radical (unpaired) electrons. The highest BCUT2D eigenvalue weighted by atomic mass is 16.5. The van der Waals surface area contributed by atoms with E-state index in [2.05, 4.69) is 54.7 Å². The van der Waals surface area contributed by atoms with E-state index in [0.29, 0.717) is 19.3 Å². The zero-order valence-electron chi connectivity index (χ0n) is 15.0. The highest BCUT2D eigenvalue weighted by Crippen LogP contribution is 2.28. The summed E-state index contributed by atoms with van der Waals surface area (Å²) in [5, 5.41) is 3.59. The van der Waals surface area contributed by atoms with Crippen molar-refractivity contribution in [1.29, 1.82) is 0 Å². The van der Waals surface area contributed by atoms with Gasteiger partial charge in [-0.25, -0.2) is 0 Å². The third-order valence-electron chi connectivity index (χ3n) is 3.97. The van der Waals surface area contributed by atoms with Crippen LogP contribution in [-0.4, -0.2) is 19.3 Å². The zero-order valence-corrected chi connectivity index (χ0v) is 15.0. The first kappa shape index (κ1) is 18.3. The Hall–Kier alpha value is -2.00. The number of rotatable bonds is 10. The van der Waals surface area contributed by atoms with E-state index in [1.165, 1.54) is 11.1 Å². The molecule has 24 heavy (non-hydrogen) atoms. The molecular formula is C21H29NO2. The summed E-state index contributed by atoms with van der Waals surface area (Å²) in [6.07, 6.45) is 2.22. The molecule has 0 aliphatic carbocycles. The summed E-state index contributed by atoms with van der Waals surface area (Å²) in [7, 11) is 0. The minimum absolute atomic E-state index is 0.465. The number of aryl methyl sites for hydroxylation is 1. The summed E-state index contributed by atoms with van der Waals surface area (Å²) in [4.78, 5) is 0. The van der Waals surface area contributed by atoms with Crippen LogP contribution in [0, 0.1) is 0 Å². The van der Waals surface area contributed by atoms with Crippen LogP contribution in [0.3, 0.4) is 0 Å². The van der Waals surface area contributed by atoms with Gasteiger partial charge >= 0.3 is 0 Å². The van der Waals surface area contributed by atoms with Crippen LogP contribution in [0.1, 0.15) is 38.3 Å². The van der Waals surface area contributed by atoms with Gasteiger partial charge < -0.3 is 14.8 Å². The summed E-state index contributed by atoms with van der Waals surface area (Å²) in [6, 6.07) is 17.3. The molecule has 3 heteroatoms. The van der Waals surface area contributed by atoms with Gasteiger partial charge in [0, 0.05) is 12.6 Å². The fourth-order valence-corrected chi connectivity index (χ4v) is 2.63. The Morgan fingerprint density at radius 2 is 1.58 bits per heavy atom. The number of hydrogen-bond donors (Lipinski definition) is 1. The predicted octanol–water partition coefficient (Wildman–Crippen LogP) is 4.59. The molecule has 1 N–H and O–H groups in total. The zero-order chi connectivity index (χ0) is 17.2. The number of benzene rings is 2. The van der Waals surface area contributed by atoms with Gasteiger partial charge in [0.05, 0.1) is 13.2 Å². The largest absolute Gasteiger partial charge is 0.490 e. The molecule has 130 valence electrons. The third-order valence-corrected chi connectivity index (χ3v) is 3.97. The third kappa shape index (κ3) is 5.89. The van der Waals surface area contributed by atoms with E-state index in [0.717, 1.165) is 30.9 Å². The molecule has 1 unspecified atom stereocenters. The van der Waals surface area contributed by atoms with Crippen LogP contribution in [0.2, 0.25) is 0 Å². The Labute approximate surface area is 146 Å². The van der Waals surface area contributed by atoms with Gasteiger partial charge in [-0.05, 0) is 56.9 Å². The van der Waals surface area contributed by atoms with Crippen molar-refractivity contribution in [2.75, 3.05) is 13.2 Å². The molecule has 2 aromatic rings. The van der Waals surface area contributed by atoms with Crippen LogP contribution in [0.25, 0.3) is 0 Å². The van der Waals surface area contributed by atoms with E-state index >= 15 is 0 Å². The lowest BCUT2D eigenvalue weighted by Gasteiger charge is -2.16. The van der Waals surface area contributed by atoms with Gasteiger partial charge in [-0.15, -0.1) is 0 Å². The van der Waals surface area contributed by atoms with Crippen LogP contribution < -0.4 is 14.8 Å². The van der Waals surface area contributed by atoms with E-state index in [1.807, 2.05) is 19.9 Å². The van der Waals surface area contributed by atoms with Crippen LogP contribution in [-0.2, 0) is 13.0 Å². The molecule has 0 spiro atoms. The molecule has 0 aromatic heterocycles. The van der Waals surface area contributed by atoms with Crippen molar-refractivity contribution in [1.82, 2.24) is 5.32 Å². The van der Waals surface area contributed by atoms with Crippen LogP contribution in [0.5, 0.6) is 11.5 Å². The molecule has 0 aliphatic heterocycles. The first-order chi connectivity index (χ1) is 11.7. The average Bonchev–Trinajstić information content (AvgIpc) is 2.61. The number of hydrogen-bond acceptors (Lipinski definition) is 3. The van der Waals surface area contributed by atoms with Crippen molar-refractivity contribution in [3.63, 3.8) is 0 Å². The predicted molar refractivity (Wildman–Crippen MR) is 99.8 cm³/mol. The second-order valence-electron chi connectivity index (χ2n) is 5.95. The number of nitrogens with one attached hydrogen (secondary N) is 1. The fourth-order valence-electron chi connectivity index (χ4n) is 2.63. The Bertz CT molecular complexity index is 598. The molecule has 0 heterocycles. The number of ether oxygens (including phenoxy) is 2. The van der Waals surface area contributed by atoms with Crippen LogP contribution in [0.4, 0.5) is 0 Å². The molecule has 1 atom stereocenters. The highest BCUT2D eigenvalue weighted by molar-refractivity contribution is 5.43. The van der Waals surface area contributed by atoms with Crippen molar-refractivity contribution in [3.05, 3.63) is 59.7 Å². The molecule has 0 bridgehead atoms. The van der Waals surface area contributed by atoms with Crippen LogP contribution in [0.15, 0.2) is 48.5 Å². The quantitative estimate of drug-likeness (QED) is 0.692. The first-order valence-corrected chi connectivity index (χ1v) is 8.88. The summed E-state index contributed by atoms with van der Waals surface area (Å²) in [5.41, 5.74) is 2.61. The SMILES string of the molecule is CCOc1ccc(CNC(C)CCc2ccccc2)cc1OCC. The lowest BCUT2D eigenvalue weighted by molar-refractivity contribution is 0.287. The maximum Gasteiger partial charge on any atom is 0.161 e. The van der Waals surface area contributed by atoms with Crippen molar-refractivity contribution >= 4 is 0 Å². The van der Waals surface area contributed by atoms with Gasteiger partial charge in [0.2, 0.25) is 0 Å². The van der Waals surface area contributed by atoms with Crippen LogP contribution >= 0.6 is 0 Å². The Morgan fingerprint density at radius 1 is 0.875 bits per heavy atom. The van der Waals surface area contributed by atoms with Crippen molar-refractivity contribution < 1.29 is 9.47 Å². The van der Waals surface area contributed by atoms with E-state index in [-0.39, 0.29) is 0 Å². The summed E-state index contributed by atoms with van der Waals surface area (Å²) in [6.45, 7) is 8.34. The van der Waals surface area contributed by atoms with Gasteiger partial charge in [0.15, 0.2) is 11.5 Å². The molecule has 0 fully saturated rings. The van der Waals surface area contributed by atoms with Crippen molar-refractivity contribution in [3.8, 4) is 11.5 Å². The molecule has 3 nitrogen and oxygen atoms in total. The highest BCUT2D eigenvalue weighted by Gasteiger charge is 2.07. The molecular weight excluding hydrogens is 298 g/mol. The smallest absolute Gasteiger partial charge is 0.161 e. The maximum atomic E-state index is 5.69. The normalized spacial score (nSPS) is 12.0. The van der Waals surface area contributed by atoms with Gasteiger partial charge in [0.1, 0.15) is 0 Å². The second kappa shape index (κ2) is 9.99. The fraction of sp³-hybridized carbons (Fsp3) is 0.429. The van der Waals surface area contributed by atoms with Gasteiger partial charge in [-0.2, -0.15) is 0 Å². The molecule has 0 saturated carbocycles. The topological polar surface area (TPSA) is 30.5 Å². The first-order valence-electron chi connectivity index (χ1n) is 8.88. The molecule has 0 saturated heterocycles. The van der Waals surface area contributed by atoms with Gasteiger partial charge in [-0.1, -0.05) is 36.4 Å². The van der Waals surface area contributed by atoms with Gasteiger partial charge in [-0.3, -0.25) is 0 Å². The van der Waals surface area contributed by atoms with Crippen molar-refractivity contribution in [2.24, 2.45) is 0 Å².